The van der Waals surface area contributed by atoms with E-state index in [9.17, 15) is 18.0 Å². The number of para-hydroxylation sites is 1. The Morgan fingerprint density at radius 1 is 0.946 bits per heavy atom. The molecule has 9 heteroatoms. The second-order valence-corrected chi connectivity index (χ2v) is 10.6. The Labute approximate surface area is 218 Å². The normalized spacial score (nSPS) is 11.9. The van der Waals surface area contributed by atoms with Crippen molar-refractivity contribution < 1.29 is 22.7 Å². The highest BCUT2D eigenvalue weighted by Crippen LogP contribution is 2.27. The van der Waals surface area contributed by atoms with Crippen LogP contribution < -0.4 is 14.4 Å². The number of anilines is 1. The first-order valence-electron chi connectivity index (χ1n) is 11.9. The Balaban J connectivity index is 2.03. The Kier molecular flexibility index (Phi) is 8.94. The summed E-state index contributed by atoms with van der Waals surface area (Å²) in [4.78, 5) is 27.8. The quantitative estimate of drug-likeness (QED) is 0.438. The molecule has 2 amide bonds. The van der Waals surface area contributed by atoms with Crippen LogP contribution in [-0.2, 0) is 26.2 Å². The molecule has 0 bridgehead atoms. The van der Waals surface area contributed by atoms with E-state index in [1.165, 1.54) is 24.1 Å². The van der Waals surface area contributed by atoms with Crippen molar-refractivity contribution in [2.24, 2.45) is 0 Å². The molecule has 3 rings (SSSR count). The number of benzene rings is 3. The van der Waals surface area contributed by atoms with Gasteiger partial charge in [-0.25, -0.2) is 8.42 Å². The number of ether oxygens (including phenoxy) is 1. The van der Waals surface area contributed by atoms with Crippen LogP contribution in [0, 0.1) is 13.8 Å². The molecule has 0 fully saturated rings. The van der Waals surface area contributed by atoms with Gasteiger partial charge in [0.2, 0.25) is 11.8 Å². The highest BCUT2D eigenvalue weighted by atomic mass is 32.2. The highest BCUT2D eigenvalue weighted by molar-refractivity contribution is 7.92. The molecule has 0 saturated heterocycles. The molecule has 3 aromatic rings. The van der Waals surface area contributed by atoms with Crippen LogP contribution in [0.4, 0.5) is 5.69 Å². The van der Waals surface area contributed by atoms with Crippen molar-refractivity contribution in [1.29, 1.82) is 0 Å². The maximum atomic E-state index is 13.8. The molecule has 0 aromatic heterocycles. The fourth-order valence-corrected chi connectivity index (χ4v) is 5.39. The number of hydrogen-bond donors (Lipinski definition) is 1. The van der Waals surface area contributed by atoms with Crippen LogP contribution in [-0.4, -0.2) is 51.9 Å². The lowest BCUT2D eigenvalue weighted by molar-refractivity contribution is -0.139. The monoisotopic (exact) mass is 523 g/mol. The second-order valence-electron chi connectivity index (χ2n) is 8.77. The van der Waals surface area contributed by atoms with Crippen molar-refractivity contribution in [2.45, 2.75) is 38.3 Å². The van der Waals surface area contributed by atoms with Gasteiger partial charge < -0.3 is 15.0 Å². The first-order valence-corrected chi connectivity index (χ1v) is 13.3. The summed E-state index contributed by atoms with van der Waals surface area (Å²) >= 11 is 0. The molecular weight excluding hydrogens is 490 g/mol. The second kappa shape index (κ2) is 11.9. The summed E-state index contributed by atoms with van der Waals surface area (Å²) in [5.41, 5.74) is 2.79. The minimum atomic E-state index is -4.09. The summed E-state index contributed by atoms with van der Waals surface area (Å²) in [5, 5.41) is 2.57. The standard InChI is InChI=1S/C28H33N3O5S/c1-20-10-16-25(17-11-20)37(34,35)31(26-9-7-6-8-21(26)2)19-27(32)30(22(3)28(33)29-4)18-23-12-14-24(36-5)15-13-23/h6-17,22H,18-19H2,1-5H3,(H,29,33). The average molecular weight is 524 g/mol. The van der Waals surface area contributed by atoms with Crippen molar-refractivity contribution >= 4 is 27.5 Å². The summed E-state index contributed by atoms with van der Waals surface area (Å²) in [5.74, 6) is -0.201. The SMILES string of the molecule is CNC(=O)C(C)N(Cc1ccc(OC)cc1)C(=O)CN(c1ccccc1C)S(=O)(=O)c1ccc(C)cc1. The number of likely N-dealkylation sites (N-methyl/N-ethyl adjacent to an activating group) is 1. The minimum absolute atomic E-state index is 0.0789. The van der Waals surface area contributed by atoms with Gasteiger partial charge in [-0.2, -0.15) is 0 Å². The number of nitrogens with one attached hydrogen (secondary N) is 1. The number of carbonyl (C=O) groups is 2. The molecule has 3 aromatic carbocycles. The third kappa shape index (κ3) is 6.48. The molecule has 37 heavy (non-hydrogen) atoms. The van der Waals surface area contributed by atoms with Gasteiger partial charge in [0.05, 0.1) is 17.7 Å². The number of nitrogens with zero attached hydrogens (tertiary/aromatic N) is 2. The maximum Gasteiger partial charge on any atom is 0.264 e. The van der Waals surface area contributed by atoms with Gasteiger partial charge >= 0.3 is 0 Å². The molecule has 0 aliphatic carbocycles. The Morgan fingerprint density at radius 3 is 2.14 bits per heavy atom. The fraction of sp³-hybridized carbons (Fsp3) is 0.286. The van der Waals surface area contributed by atoms with Crippen LogP contribution in [0.5, 0.6) is 5.75 Å². The van der Waals surface area contributed by atoms with Crippen molar-refractivity contribution in [2.75, 3.05) is 25.0 Å². The van der Waals surface area contributed by atoms with Crippen LogP contribution in [0.2, 0.25) is 0 Å². The summed E-state index contributed by atoms with van der Waals surface area (Å²) in [7, 11) is -1.03. The minimum Gasteiger partial charge on any atom is -0.497 e. The lowest BCUT2D eigenvalue weighted by atomic mass is 10.1. The van der Waals surface area contributed by atoms with Crippen LogP contribution >= 0.6 is 0 Å². The van der Waals surface area contributed by atoms with E-state index < -0.39 is 28.5 Å². The van der Waals surface area contributed by atoms with E-state index in [1.807, 2.05) is 6.92 Å². The van der Waals surface area contributed by atoms with Gasteiger partial charge in [0.15, 0.2) is 0 Å². The number of hydrogen-bond acceptors (Lipinski definition) is 5. The van der Waals surface area contributed by atoms with Gasteiger partial charge in [-0.05, 0) is 62.2 Å². The van der Waals surface area contributed by atoms with Gasteiger partial charge in [0, 0.05) is 13.6 Å². The lowest BCUT2D eigenvalue weighted by Crippen LogP contribution is -2.50. The molecule has 0 aliphatic rings. The number of methoxy groups -OCH3 is 1. The van der Waals surface area contributed by atoms with Crippen molar-refractivity contribution in [3.05, 3.63) is 89.5 Å². The zero-order valence-corrected chi connectivity index (χ0v) is 22.6. The molecular formula is C28H33N3O5S. The highest BCUT2D eigenvalue weighted by Gasteiger charge is 2.32. The fourth-order valence-electron chi connectivity index (χ4n) is 3.91. The van der Waals surface area contributed by atoms with E-state index in [2.05, 4.69) is 5.32 Å². The van der Waals surface area contributed by atoms with Gasteiger partial charge in [-0.3, -0.25) is 13.9 Å². The molecule has 0 heterocycles. The molecule has 196 valence electrons. The van der Waals surface area contributed by atoms with Gasteiger partial charge in [0.25, 0.3) is 10.0 Å². The van der Waals surface area contributed by atoms with Crippen LogP contribution in [0.3, 0.4) is 0 Å². The van der Waals surface area contributed by atoms with Crippen LogP contribution in [0.1, 0.15) is 23.6 Å². The van der Waals surface area contributed by atoms with Crippen molar-refractivity contribution in [3.63, 3.8) is 0 Å². The third-order valence-corrected chi connectivity index (χ3v) is 7.97. The third-order valence-electron chi connectivity index (χ3n) is 6.20. The Hall–Kier alpha value is -3.85. The van der Waals surface area contributed by atoms with Gasteiger partial charge in [-0.15, -0.1) is 0 Å². The zero-order valence-electron chi connectivity index (χ0n) is 21.8. The van der Waals surface area contributed by atoms with E-state index in [0.29, 0.717) is 17.0 Å². The first kappa shape index (κ1) is 27.7. The van der Waals surface area contributed by atoms with E-state index in [4.69, 9.17) is 4.74 Å². The molecule has 1 atom stereocenters. The molecule has 0 aliphatic heterocycles. The maximum absolute atomic E-state index is 13.8. The van der Waals surface area contributed by atoms with E-state index in [-0.39, 0.29) is 17.3 Å². The Bertz CT molecular complexity index is 1340. The first-order chi connectivity index (χ1) is 17.6. The molecule has 1 N–H and O–H groups in total. The van der Waals surface area contributed by atoms with Crippen molar-refractivity contribution in [3.8, 4) is 5.75 Å². The zero-order chi connectivity index (χ0) is 27.2. The summed E-state index contributed by atoms with van der Waals surface area (Å²) in [6.45, 7) is 4.92. The van der Waals surface area contributed by atoms with E-state index >= 15 is 0 Å². The molecule has 0 radical (unpaired) electrons. The summed E-state index contributed by atoms with van der Waals surface area (Å²) in [6.07, 6.45) is 0. The van der Waals surface area contributed by atoms with E-state index in [1.54, 1.807) is 81.6 Å². The topological polar surface area (TPSA) is 96.0 Å². The molecule has 1 unspecified atom stereocenters. The number of amides is 2. The van der Waals surface area contributed by atoms with Crippen LogP contribution in [0.15, 0.2) is 77.7 Å². The Morgan fingerprint density at radius 2 is 1.57 bits per heavy atom. The lowest BCUT2D eigenvalue weighted by Gasteiger charge is -2.32. The van der Waals surface area contributed by atoms with Gasteiger partial charge in [0.1, 0.15) is 18.3 Å². The number of aryl methyl sites for hydroxylation is 2. The molecule has 0 saturated carbocycles. The predicted octanol–water partition coefficient (Wildman–Crippen LogP) is 3.67. The molecule has 0 spiro atoms. The molecule has 8 nitrogen and oxygen atoms in total. The largest absolute Gasteiger partial charge is 0.497 e. The number of carbonyl (C=O) groups excluding carboxylic acids is 2. The van der Waals surface area contributed by atoms with Crippen molar-refractivity contribution in [1.82, 2.24) is 10.2 Å². The summed E-state index contributed by atoms with van der Waals surface area (Å²) in [6, 6.07) is 19.8. The average Bonchev–Trinajstić information content (AvgIpc) is 2.90. The number of sulfonamides is 1. The number of rotatable bonds is 10. The summed E-state index contributed by atoms with van der Waals surface area (Å²) < 4.78 is 33.9. The van der Waals surface area contributed by atoms with E-state index in [0.717, 1.165) is 15.4 Å². The van der Waals surface area contributed by atoms with Gasteiger partial charge in [-0.1, -0.05) is 48.0 Å². The predicted molar refractivity (Wildman–Crippen MR) is 144 cm³/mol. The van der Waals surface area contributed by atoms with Crippen LogP contribution in [0.25, 0.3) is 0 Å². The smallest absolute Gasteiger partial charge is 0.264 e.